The summed E-state index contributed by atoms with van der Waals surface area (Å²) in [5.74, 6) is -0.284. The van der Waals surface area contributed by atoms with Crippen LogP contribution in [0.2, 0.25) is 0 Å². The summed E-state index contributed by atoms with van der Waals surface area (Å²) in [6.45, 7) is 4.76. The Morgan fingerprint density at radius 1 is 1.29 bits per heavy atom. The van der Waals surface area contributed by atoms with E-state index < -0.39 is 11.7 Å². The Balaban J connectivity index is 2.13. The molecule has 28 heavy (non-hydrogen) atoms. The average Bonchev–Trinajstić information content (AvgIpc) is 3.04. The molecule has 0 aliphatic rings. The van der Waals surface area contributed by atoms with Crippen LogP contribution in [-0.4, -0.2) is 39.3 Å². The molecule has 10 heteroatoms. The van der Waals surface area contributed by atoms with Gasteiger partial charge in [-0.15, -0.1) is 0 Å². The Kier molecular flexibility index (Phi) is 5.32. The van der Waals surface area contributed by atoms with Gasteiger partial charge in [0.25, 0.3) is 0 Å². The van der Waals surface area contributed by atoms with Crippen LogP contribution >= 0.6 is 0 Å². The first-order chi connectivity index (χ1) is 13.2. The molecule has 2 heterocycles. The number of ether oxygens (including phenoxy) is 2. The number of hydrogen-bond donors (Lipinski definition) is 1. The number of halogens is 3. The van der Waals surface area contributed by atoms with Crippen molar-refractivity contribution in [3.05, 3.63) is 35.2 Å². The highest BCUT2D eigenvalue weighted by atomic mass is 19.4. The van der Waals surface area contributed by atoms with E-state index in [9.17, 15) is 18.0 Å². The number of rotatable bonds is 6. The number of carbonyl (C=O) groups is 1. The minimum absolute atomic E-state index is 0.0308. The maximum absolute atomic E-state index is 13.2. The highest BCUT2D eigenvalue weighted by molar-refractivity contribution is 6.02. The Morgan fingerprint density at radius 3 is 2.68 bits per heavy atom. The zero-order chi connectivity index (χ0) is 20.5. The predicted octanol–water partition coefficient (Wildman–Crippen LogP) is 3.92. The van der Waals surface area contributed by atoms with Crippen molar-refractivity contribution in [2.45, 2.75) is 26.9 Å². The molecular formula is C18H17F3N4O3. The van der Waals surface area contributed by atoms with Crippen molar-refractivity contribution in [3.63, 3.8) is 0 Å². The van der Waals surface area contributed by atoms with Gasteiger partial charge in [0.1, 0.15) is 17.0 Å². The summed E-state index contributed by atoms with van der Waals surface area (Å²) < 4.78 is 50.1. The summed E-state index contributed by atoms with van der Waals surface area (Å²) in [6, 6.07) is 1.92. The quantitative estimate of drug-likeness (QED) is 0.387. The molecule has 0 atom stereocenters. The lowest BCUT2D eigenvalue weighted by atomic mass is 10.0. The lowest BCUT2D eigenvalue weighted by Crippen LogP contribution is -2.09. The van der Waals surface area contributed by atoms with Crippen LogP contribution in [0.3, 0.4) is 0 Å². The van der Waals surface area contributed by atoms with E-state index in [0.717, 1.165) is 12.1 Å². The molecule has 0 amide bonds. The van der Waals surface area contributed by atoms with E-state index in [-0.39, 0.29) is 40.9 Å². The number of carbonyl (C=O) groups excluding carboxylic acids is 1. The van der Waals surface area contributed by atoms with E-state index in [1.807, 2.05) is 0 Å². The van der Waals surface area contributed by atoms with E-state index in [4.69, 9.17) is 9.47 Å². The van der Waals surface area contributed by atoms with Gasteiger partial charge in [-0.3, -0.25) is 9.89 Å². The molecular weight excluding hydrogens is 377 g/mol. The molecule has 1 aromatic carbocycles. The number of aromatic nitrogens is 4. The van der Waals surface area contributed by atoms with Gasteiger partial charge in [-0.1, -0.05) is 0 Å². The van der Waals surface area contributed by atoms with Crippen molar-refractivity contribution in [1.82, 2.24) is 20.2 Å². The predicted molar refractivity (Wildman–Crippen MR) is 94.0 cm³/mol. The Morgan fingerprint density at radius 2 is 2.04 bits per heavy atom. The lowest BCUT2D eigenvalue weighted by molar-refractivity contribution is -0.137. The molecule has 0 spiro atoms. The maximum Gasteiger partial charge on any atom is 0.416 e. The number of nitrogens with zero attached hydrogens (tertiary/aromatic N) is 3. The standard InChI is InChI=1S/C18H17F3N4O3/c1-4-27-8-28-13-6-11(18(19,20)21)5-9(2)14(13)12-7-22-16-15(10(3)26)24-25-17(16)23-12/h5-7H,4,8H2,1-3H3,(H,23,24,25). The van der Waals surface area contributed by atoms with E-state index >= 15 is 0 Å². The van der Waals surface area contributed by atoms with Crippen molar-refractivity contribution in [2.75, 3.05) is 13.4 Å². The maximum atomic E-state index is 13.2. The average molecular weight is 394 g/mol. The van der Waals surface area contributed by atoms with Gasteiger partial charge in [0.05, 0.1) is 17.5 Å². The molecule has 0 saturated heterocycles. The van der Waals surface area contributed by atoms with Gasteiger partial charge >= 0.3 is 6.18 Å². The number of benzene rings is 1. The van der Waals surface area contributed by atoms with Crippen LogP contribution in [0.1, 0.15) is 35.5 Å². The zero-order valence-electron chi connectivity index (χ0n) is 15.3. The molecule has 0 fully saturated rings. The first-order valence-corrected chi connectivity index (χ1v) is 8.37. The molecule has 0 aliphatic carbocycles. The Hall–Kier alpha value is -3.01. The number of fused-ring (bicyclic) bond motifs is 1. The van der Waals surface area contributed by atoms with E-state index in [0.29, 0.717) is 17.7 Å². The second-order valence-electron chi connectivity index (χ2n) is 6.00. The minimum Gasteiger partial charge on any atom is -0.467 e. The summed E-state index contributed by atoms with van der Waals surface area (Å²) >= 11 is 0. The molecule has 0 saturated carbocycles. The first-order valence-electron chi connectivity index (χ1n) is 8.37. The third-order valence-corrected chi connectivity index (χ3v) is 4.00. The second kappa shape index (κ2) is 7.55. The summed E-state index contributed by atoms with van der Waals surface area (Å²) in [5.41, 5.74) is 0.757. The van der Waals surface area contributed by atoms with Gasteiger partial charge < -0.3 is 9.47 Å². The summed E-state index contributed by atoms with van der Waals surface area (Å²) in [4.78, 5) is 20.1. The fraction of sp³-hybridized carbons (Fsp3) is 0.333. The summed E-state index contributed by atoms with van der Waals surface area (Å²) in [6.07, 6.45) is -3.16. The SMILES string of the molecule is CCOCOc1cc(C(F)(F)F)cc(C)c1-c1cnc2c(C(C)=O)[nH]nc2n1. The largest absolute Gasteiger partial charge is 0.467 e. The van der Waals surface area contributed by atoms with Gasteiger partial charge in [0.2, 0.25) is 5.65 Å². The van der Waals surface area contributed by atoms with Crippen molar-refractivity contribution >= 4 is 16.9 Å². The number of alkyl halides is 3. The third kappa shape index (κ3) is 3.81. The van der Waals surface area contributed by atoms with Crippen LogP contribution in [-0.2, 0) is 10.9 Å². The summed E-state index contributed by atoms with van der Waals surface area (Å²) in [5, 5.41) is 6.52. The molecule has 1 N–H and O–H groups in total. The fourth-order valence-corrected chi connectivity index (χ4v) is 2.71. The number of nitrogens with one attached hydrogen (secondary N) is 1. The highest BCUT2D eigenvalue weighted by Gasteiger charge is 2.32. The normalized spacial score (nSPS) is 11.8. The van der Waals surface area contributed by atoms with Gasteiger partial charge in [0.15, 0.2) is 12.6 Å². The van der Waals surface area contributed by atoms with Crippen LogP contribution in [0, 0.1) is 6.92 Å². The smallest absolute Gasteiger partial charge is 0.416 e. The van der Waals surface area contributed by atoms with Crippen LogP contribution < -0.4 is 4.74 Å². The molecule has 0 unspecified atom stereocenters. The number of aromatic amines is 1. The monoisotopic (exact) mass is 394 g/mol. The number of Topliss-reactive ketones (excluding diaryl/α,β-unsaturated/α-hetero) is 1. The fourth-order valence-electron chi connectivity index (χ4n) is 2.71. The summed E-state index contributed by atoms with van der Waals surface area (Å²) in [7, 11) is 0. The first kappa shape index (κ1) is 19.7. The van der Waals surface area contributed by atoms with Gasteiger partial charge in [-0.25, -0.2) is 9.97 Å². The van der Waals surface area contributed by atoms with E-state index in [1.54, 1.807) is 6.92 Å². The molecule has 2 aromatic heterocycles. The Labute approximate surface area is 157 Å². The number of ketones is 1. The van der Waals surface area contributed by atoms with Crippen LogP contribution in [0.5, 0.6) is 5.75 Å². The Bertz CT molecular complexity index is 1030. The van der Waals surface area contributed by atoms with Crippen molar-refractivity contribution in [3.8, 4) is 17.0 Å². The van der Waals surface area contributed by atoms with E-state index in [2.05, 4.69) is 20.2 Å². The van der Waals surface area contributed by atoms with Crippen LogP contribution in [0.4, 0.5) is 13.2 Å². The third-order valence-electron chi connectivity index (χ3n) is 4.00. The number of hydrogen-bond acceptors (Lipinski definition) is 6. The molecule has 0 aliphatic heterocycles. The van der Waals surface area contributed by atoms with Gasteiger partial charge in [-0.2, -0.15) is 18.3 Å². The second-order valence-corrected chi connectivity index (χ2v) is 6.00. The van der Waals surface area contributed by atoms with E-state index in [1.165, 1.54) is 20.0 Å². The van der Waals surface area contributed by atoms with Crippen LogP contribution in [0.25, 0.3) is 22.4 Å². The molecule has 3 aromatic rings. The van der Waals surface area contributed by atoms with Crippen LogP contribution in [0.15, 0.2) is 18.3 Å². The van der Waals surface area contributed by atoms with Gasteiger partial charge in [0, 0.05) is 19.1 Å². The number of aryl methyl sites for hydroxylation is 1. The number of H-pyrrole nitrogens is 1. The lowest BCUT2D eigenvalue weighted by Gasteiger charge is -2.16. The molecule has 7 nitrogen and oxygen atoms in total. The molecule has 148 valence electrons. The van der Waals surface area contributed by atoms with Gasteiger partial charge in [-0.05, 0) is 31.5 Å². The van der Waals surface area contributed by atoms with Crippen molar-refractivity contribution in [2.24, 2.45) is 0 Å². The molecule has 0 radical (unpaired) electrons. The minimum atomic E-state index is -4.53. The van der Waals surface area contributed by atoms with Crippen molar-refractivity contribution < 1.29 is 27.4 Å². The highest BCUT2D eigenvalue weighted by Crippen LogP contribution is 2.39. The zero-order valence-corrected chi connectivity index (χ0v) is 15.3. The molecule has 0 bridgehead atoms. The topological polar surface area (TPSA) is 90.0 Å². The molecule has 3 rings (SSSR count). The van der Waals surface area contributed by atoms with Crippen molar-refractivity contribution in [1.29, 1.82) is 0 Å².